The molecule has 2 nitrogen and oxygen atoms in total. The monoisotopic (exact) mass is 264 g/mol. The second-order valence-electron chi connectivity index (χ2n) is 2.73. The zero-order valence-electron chi connectivity index (χ0n) is 7.13. The molecule has 0 saturated heterocycles. The summed E-state index contributed by atoms with van der Waals surface area (Å²) < 4.78 is 6.13. The number of hydrogen-bond donors (Lipinski definition) is 1. The Morgan fingerprint density at radius 1 is 1.62 bits per heavy atom. The Labute approximate surface area is 90.6 Å². The van der Waals surface area contributed by atoms with Crippen LogP contribution in [0.2, 0.25) is 5.02 Å². The highest BCUT2D eigenvalue weighted by atomic mass is 79.9. The third kappa shape index (κ3) is 3.55. The number of ether oxygens (including phenoxy) is 1. The lowest BCUT2D eigenvalue weighted by molar-refractivity contribution is 0.122. The lowest BCUT2D eigenvalue weighted by atomic mass is 10.3. The molecule has 0 amide bonds. The van der Waals surface area contributed by atoms with Crippen molar-refractivity contribution in [3.8, 4) is 5.75 Å². The first-order valence-electron chi connectivity index (χ1n) is 3.85. The third-order valence-corrected chi connectivity index (χ3v) is 2.26. The van der Waals surface area contributed by atoms with Gasteiger partial charge in [0.2, 0.25) is 0 Å². The van der Waals surface area contributed by atoms with Crippen LogP contribution in [-0.2, 0) is 0 Å². The second kappa shape index (κ2) is 4.84. The van der Waals surface area contributed by atoms with Crippen molar-refractivity contribution in [1.82, 2.24) is 0 Å². The van der Waals surface area contributed by atoms with Crippen LogP contribution in [0.15, 0.2) is 22.7 Å². The largest absolute Gasteiger partial charge is 0.490 e. The predicted octanol–water partition coefficient (Wildman–Crippen LogP) is 2.86. The third-order valence-electron chi connectivity index (χ3n) is 1.37. The van der Waals surface area contributed by atoms with E-state index in [1.165, 1.54) is 0 Å². The van der Waals surface area contributed by atoms with Gasteiger partial charge in [-0.2, -0.15) is 0 Å². The average Bonchev–Trinajstić information content (AvgIpc) is 2.06. The van der Waals surface area contributed by atoms with Gasteiger partial charge < -0.3 is 9.84 Å². The maximum absolute atomic E-state index is 9.00. The van der Waals surface area contributed by atoms with Crippen LogP contribution in [0.1, 0.15) is 6.92 Å². The van der Waals surface area contributed by atoms with Gasteiger partial charge in [-0.3, -0.25) is 0 Å². The molecular weight excluding hydrogens is 255 g/mol. The fourth-order valence-corrected chi connectivity index (χ4v) is 1.32. The lowest BCUT2D eigenvalue weighted by Gasteiger charge is -2.09. The zero-order chi connectivity index (χ0) is 9.84. The first-order chi connectivity index (χ1) is 6.09. The van der Waals surface area contributed by atoms with Crippen LogP contribution in [0.3, 0.4) is 0 Å². The highest BCUT2D eigenvalue weighted by molar-refractivity contribution is 9.10. The summed E-state index contributed by atoms with van der Waals surface area (Å²) >= 11 is 9.08. The zero-order valence-corrected chi connectivity index (χ0v) is 9.47. The van der Waals surface area contributed by atoms with Crippen LogP contribution in [0, 0.1) is 0 Å². The molecular formula is C9H10BrClO2. The molecule has 13 heavy (non-hydrogen) atoms. The van der Waals surface area contributed by atoms with E-state index in [1.54, 1.807) is 25.1 Å². The number of hydrogen-bond acceptors (Lipinski definition) is 2. The van der Waals surface area contributed by atoms with Crippen LogP contribution < -0.4 is 4.74 Å². The summed E-state index contributed by atoms with van der Waals surface area (Å²) in [6.45, 7) is 1.93. The summed E-state index contributed by atoms with van der Waals surface area (Å²) in [5.41, 5.74) is 0. The van der Waals surface area contributed by atoms with E-state index < -0.39 is 6.10 Å². The molecule has 0 bridgehead atoms. The molecule has 1 atom stereocenters. The van der Waals surface area contributed by atoms with E-state index in [-0.39, 0.29) is 6.61 Å². The van der Waals surface area contributed by atoms with E-state index in [1.807, 2.05) is 0 Å². The Morgan fingerprint density at radius 3 is 2.92 bits per heavy atom. The lowest BCUT2D eigenvalue weighted by Crippen LogP contribution is -2.12. The number of rotatable bonds is 3. The maximum atomic E-state index is 9.00. The molecule has 1 unspecified atom stereocenters. The van der Waals surface area contributed by atoms with Gasteiger partial charge in [0.15, 0.2) is 0 Å². The Bertz CT molecular complexity index is 289. The molecule has 0 fully saturated rings. The minimum atomic E-state index is -0.481. The summed E-state index contributed by atoms with van der Waals surface area (Å²) in [7, 11) is 0. The summed E-state index contributed by atoms with van der Waals surface area (Å²) in [5.74, 6) is 0.647. The summed E-state index contributed by atoms with van der Waals surface area (Å²) in [6.07, 6.45) is -0.481. The van der Waals surface area contributed by atoms with Gasteiger partial charge in [-0.15, -0.1) is 0 Å². The first-order valence-corrected chi connectivity index (χ1v) is 5.02. The second-order valence-corrected chi connectivity index (χ2v) is 4.03. The first kappa shape index (κ1) is 10.8. The van der Waals surface area contributed by atoms with Gasteiger partial charge in [0, 0.05) is 5.02 Å². The summed E-state index contributed by atoms with van der Waals surface area (Å²) in [4.78, 5) is 0. The standard InChI is InChI=1S/C9H10BrClO2/c1-6(12)5-13-9-4-7(11)2-3-8(9)10/h2-4,6,12H,5H2,1H3. The van der Waals surface area contributed by atoms with Gasteiger partial charge in [-0.25, -0.2) is 0 Å². The fourth-order valence-electron chi connectivity index (χ4n) is 0.798. The van der Waals surface area contributed by atoms with Crippen molar-refractivity contribution in [2.24, 2.45) is 0 Å². The molecule has 1 rings (SSSR count). The van der Waals surface area contributed by atoms with E-state index in [0.717, 1.165) is 4.47 Å². The van der Waals surface area contributed by atoms with E-state index in [9.17, 15) is 0 Å². The average molecular weight is 266 g/mol. The van der Waals surface area contributed by atoms with E-state index >= 15 is 0 Å². The normalized spacial score (nSPS) is 12.6. The van der Waals surface area contributed by atoms with Gasteiger partial charge in [0.05, 0.1) is 10.6 Å². The number of aliphatic hydroxyl groups excluding tert-OH is 1. The predicted molar refractivity (Wildman–Crippen MR) is 56.3 cm³/mol. The minimum Gasteiger partial charge on any atom is -0.490 e. The molecule has 0 aliphatic rings. The van der Waals surface area contributed by atoms with Gasteiger partial charge >= 0.3 is 0 Å². The topological polar surface area (TPSA) is 29.5 Å². The van der Waals surface area contributed by atoms with E-state index in [0.29, 0.717) is 10.8 Å². The van der Waals surface area contributed by atoms with Crippen LogP contribution in [0.5, 0.6) is 5.75 Å². The number of aliphatic hydroxyl groups is 1. The minimum absolute atomic E-state index is 0.263. The maximum Gasteiger partial charge on any atom is 0.135 e. The van der Waals surface area contributed by atoms with Crippen molar-refractivity contribution in [3.05, 3.63) is 27.7 Å². The van der Waals surface area contributed by atoms with Crippen molar-refractivity contribution in [2.45, 2.75) is 13.0 Å². The van der Waals surface area contributed by atoms with Gasteiger partial charge in [0.25, 0.3) is 0 Å². The van der Waals surface area contributed by atoms with Crippen LogP contribution in [0.4, 0.5) is 0 Å². The molecule has 0 aromatic heterocycles. The molecule has 0 radical (unpaired) electrons. The fraction of sp³-hybridized carbons (Fsp3) is 0.333. The molecule has 0 aliphatic heterocycles. The van der Waals surface area contributed by atoms with Gasteiger partial charge in [0.1, 0.15) is 12.4 Å². The molecule has 72 valence electrons. The number of halogens is 2. The molecule has 0 saturated carbocycles. The van der Waals surface area contributed by atoms with Gasteiger partial charge in [-0.1, -0.05) is 11.6 Å². The van der Waals surface area contributed by atoms with Gasteiger partial charge in [-0.05, 0) is 41.1 Å². The number of benzene rings is 1. The van der Waals surface area contributed by atoms with Crippen molar-refractivity contribution < 1.29 is 9.84 Å². The summed E-state index contributed by atoms with van der Waals surface area (Å²) in [5, 5.41) is 9.62. The van der Waals surface area contributed by atoms with Crippen LogP contribution in [-0.4, -0.2) is 17.8 Å². The quantitative estimate of drug-likeness (QED) is 0.911. The smallest absolute Gasteiger partial charge is 0.135 e. The van der Waals surface area contributed by atoms with Crippen molar-refractivity contribution in [1.29, 1.82) is 0 Å². The van der Waals surface area contributed by atoms with E-state index in [4.69, 9.17) is 21.4 Å². The molecule has 4 heteroatoms. The van der Waals surface area contributed by atoms with Crippen LogP contribution in [0.25, 0.3) is 0 Å². The molecule has 1 aromatic carbocycles. The highest BCUT2D eigenvalue weighted by Crippen LogP contribution is 2.28. The molecule has 0 spiro atoms. The Balaban J connectivity index is 2.70. The Hall–Kier alpha value is -0.250. The van der Waals surface area contributed by atoms with E-state index in [2.05, 4.69) is 15.9 Å². The van der Waals surface area contributed by atoms with Crippen LogP contribution >= 0.6 is 27.5 Å². The molecule has 0 aliphatic carbocycles. The highest BCUT2D eigenvalue weighted by Gasteiger charge is 2.03. The van der Waals surface area contributed by atoms with Crippen molar-refractivity contribution in [3.63, 3.8) is 0 Å². The molecule has 1 aromatic rings. The Morgan fingerprint density at radius 2 is 2.31 bits per heavy atom. The summed E-state index contributed by atoms with van der Waals surface area (Å²) in [6, 6.07) is 5.27. The molecule has 0 heterocycles. The van der Waals surface area contributed by atoms with Crippen molar-refractivity contribution in [2.75, 3.05) is 6.61 Å². The SMILES string of the molecule is CC(O)COc1cc(Cl)ccc1Br. The molecule has 1 N–H and O–H groups in total. The Kier molecular flexibility index (Phi) is 4.03. The van der Waals surface area contributed by atoms with Crippen molar-refractivity contribution >= 4 is 27.5 Å².